The Balaban J connectivity index is 3.00. The first-order valence-electron chi connectivity index (χ1n) is 6.15. The molecule has 0 spiro atoms. The van der Waals surface area contributed by atoms with Gasteiger partial charge in [0.15, 0.2) is 11.5 Å². The summed E-state index contributed by atoms with van der Waals surface area (Å²) < 4.78 is 20.7. The van der Waals surface area contributed by atoms with Crippen LogP contribution in [0.3, 0.4) is 0 Å². The molecule has 1 rings (SSSR count). The molecule has 0 saturated heterocycles. The second-order valence-corrected chi connectivity index (χ2v) is 3.90. The van der Waals surface area contributed by atoms with Gasteiger partial charge in [-0.25, -0.2) is 4.79 Å². The van der Waals surface area contributed by atoms with Crippen LogP contribution in [0.1, 0.15) is 30.1 Å². The molecule has 106 valence electrons. The minimum atomic E-state index is -0.425. The van der Waals surface area contributed by atoms with Crippen LogP contribution in [0.25, 0.3) is 0 Å². The van der Waals surface area contributed by atoms with E-state index in [1.165, 1.54) is 21.3 Å². The van der Waals surface area contributed by atoms with Crippen molar-refractivity contribution in [2.24, 2.45) is 0 Å². The molecule has 0 aromatic heterocycles. The number of methoxy groups -OCH3 is 3. The molecule has 0 unspecified atom stereocenters. The predicted molar refractivity (Wildman–Crippen MR) is 71.3 cm³/mol. The summed E-state index contributed by atoms with van der Waals surface area (Å²) in [5, 5.41) is 0. The van der Waals surface area contributed by atoms with E-state index in [0.29, 0.717) is 29.4 Å². The molecule has 0 fully saturated rings. The number of carbonyl (C=O) groups excluding carboxylic acids is 1. The van der Waals surface area contributed by atoms with Gasteiger partial charge in [-0.15, -0.1) is 0 Å². The van der Waals surface area contributed by atoms with E-state index in [2.05, 4.69) is 0 Å². The summed E-state index contributed by atoms with van der Waals surface area (Å²) in [5.74, 6) is 0.945. The van der Waals surface area contributed by atoms with Crippen LogP contribution in [-0.2, 0) is 4.74 Å². The molecular weight excluding hydrogens is 248 g/mol. The lowest BCUT2D eigenvalue weighted by atomic mass is 10.1. The van der Waals surface area contributed by atoms with Crippen molar-refractivity contribution in [3.05, 3.63) is 17.7 Å². The zero-order valence-electron chi connectivity index (χ0n) is 11.8. The Labute approximate surface area is 113 Å². The molecule has 0 aliphatic heterocycles. The van der Waals surface area contributed by atoms with Gasteiger partial charge in [-0.1, -0.05) is 13.3 Å². The first kappa shape index (κ1) is 15.1. The van der Waals surface area contributed by atoms with Gasteiger partial charge in [0.1, 0.15) is 11.3 Å². The van der Waals surface area contributed by atoms with Gasteiger partial charge in [0, 0.05) is 12.1 Å². The minimum Gasteiger partial charge on any atom is -0.496 e. The Morgan fingerprint density at radius 3 is 2.11 bits per heavy atom. The third kappa shape index (κ3) is 3.77. The van der Waals surface area contributed by atoms with Gasteiger partial charge < -0.3 is 18.9 Å². The Bertz CT molecular complexity index is 428. The third-order valence-corrected chi connectivity index (χ3v) is 2.66. The van der Waals surface area contributed by atoms with Crippen LogP contribution in [0.15, 0.2) is 12.1 Å². The van der Waals surface area contributed by atoms with Gasteiger partial charge in [0.2, 0.25) is 0 Å². The highest BCUT2D eigenvalue weighted by atomic mass is 16.5. The first-order chi connectivity index (χ1) is 9.17. The van der Waals surface area contributed by atoms with Crippen molar-refractivity contribution < 1.29 is 23.7 Å². The predicted octanol–water partition coefficient (Wildman–Crippen LogP) is 2.67. The van der Waals surface area contributed by atoms with Crippen molar-refractivity contribution in [3.63, 3.8) is 0 Å². The number of rotatable bonds is 7. The first-order valence-corrected chi connectivity index (χ1v) is 6.15. The third-order valence-electron chi connectivity index (χ3n) is 2.66. The monoisotopic (exact) mass is 268 g/mol. The van der Waals surface area contributed by atoms with E-state index in [0.717, 1.165) is 12.8 Å². The smallest absolute Gasteiger partial charge is 0.342 e. The minimum absolute atomic E-state index is 0.330. The van der Waals surface area contributed by atoms with Gasteiger partial charge in [-0.3, -0.25) is 0 Å². The maximum Gasteiger partial charge on any atom is 0.342 e. The van der Waals surface area contributed by atoms with E-state index >= 15 is 0 Å². The molecule has 0 bridgehead atoms. The van der Waals surface area contributed by atoms with Crippen molar-refractivity contribution in [1.82, 2.24) is 0 Å². The lowest BCUT2D eigenvalue weighted by molar-refractivity contribution is 0.0495. The molecule has 19 heavy (non-hydrogen) atoms. The number of esters is 1. The SMILES string of the molecule is CCCCOC(=O)c1cc(OC)c(OC)cc1OC. The van der Waals surface area contributed by atoms with Crippen LogP contribution < -0.4 is 14.2 Å². The number of ether oxygens (including phenoxy) is 4. The molecule has 0 N–H and O–H groups in total. The van der Waals surface area contributed by atoms with Crippen LogP contribution >= 0.6 is 0 Å². The second kappa shape index (κ2) is 7.51. The van der Waals surface area contributed by atoms with Crippen LogP contribution in [-0.4, -0.2) is 33.9 Å². The number of hydrogen-bond donors (Lipinski definition) is 0. The summed E-state index contributed by atoms with van der Waals surface area (Å²) in [4.78, 5) is 12.0. The molecule has 0 amide bonds. The Morgan fingerprint density at radius 2 is 1.58 bits per heavy atom. The highest BCUT2D eigenvalue weighted by Gasteiger charge is 2.18. The summed E-state index contributed by atoms with van der Waals surface area (Å²) in [6, 6.07) is 3.17. The number of benzene rings is 1. The fourth-order valence-corrected chi connectivity index (χ4v) is 1.58. The van der Waals surface area contributed by atoms with E-state index in [9.17, 15) is 4.79 Å². The molecule has 0 aliphatic rings. The standard InChI is InChI=1S/C14H20O5/c1-5-6-7-19-14(15)10-8-12(17-3)13(18-4)9-11(10)16-2/h8-9H,5-7H2,1-4H3. The Morgan fingerprint density at radius 1 is 1.00 bits per heavy atom. The summed E-state index contributed by atoms with van der Waals surface area (Å²) in [5.41, 5.74) is 0.330. The summed E-state index contributed by atoms with van der Waals surface area (Å²) in [6.07, 6.45) is 1.80. The molecular formula is C14H20O5. The van der Waals surface area contributed by atoms with Crippen molar-refractivity contribution in [2.45, 2.75) is 19.8 Å². The topological polar surface area (TPSA) is 54.0 Å². The summed E-state index contributed by atoms with van der Waals surface area (Å²) >= 11 is 0. The summed E-state index contributed by atoms with van der Waals surface area (Å²) in [7, 11) is 4.52. The molecule has 1 aromatic carbocycles. The molecule has 1 aromatic rings. The van der Waals surface area contributed by atoms with E-state index < -0.39 is 5.97 Å². The lowest BCUT2D eigenvalue weighted by Crippen LogP contribution is -2.09. The average Bonchev–Trinajstić information content (AvgIpc) is 2.45. The zero-order valence-corrected chi connectivity index (χ0v) is 11.8. The van der Waals surface area contributed by atoms with Crippen molar-refractivity contribution in [3.8, 4) is 17.2 Å². The van der Waals surface area contributed by atoms with Gasteiger partial charge in [0.25, 0.3) is 0 Å². The number of hydrogen-bond acceptors (Lipinski definition) is 5. The lowest BCUT2D eigenvalue weighted by Gasteiger charge is -2.13. The molecule has 0 heterocycles. The molecule has 0 atom stereocenters. The van der Waals surface area contributed by atoms with E-state index in [-0.39, 0.29) is 0 Å². The van der Waals surface area contributed by atoms with Crippen LogP contribution in [0.2, 0.25) is 0 Å². The molecule has 0 radical (unpaired) electrons. The quantitative estimate of drug-likeness (QED) is 0.562. The largest absolute Gasteiger partial charge is 0.496 e. The maximum atomic E-state index is 12.0. The van der Waals surface area contributed by atoms with E-state index in [4.69, 9.17) is 18.9 Å². The number of unbranched alkanes of at least 4 members (excludes halogenated alkanes) is 1. The van der Waals surface area contributed by atoms with Crippen molar-refractivity contribution >= 4 is 5.97 Å². The zero-order chi connectivity index (χ0) is 14.3. The molecule has 0 saturated carbocycles. The van der Waals surface area contributed by atoms with Crippen molar-refractivity contribution in [2.75, 3.05) is 27.9 Å². The van der Waals surface area contributed by atoms with Gasteiger partial charge in [-0.2, -0.15) is 0 Å². The Hall–Kier alpha value is -1.91. The molecule has 5 nitrogen and oxygen atoms in total. The van der Waals surface area contributed by atoms with E-state index in [1.807, 2.05) is 6.92 Å². The fraction of sp³-hybridized carbons (Fsp3) is 0.500. The van der Waals surface area contributed by atoms with Gasteiger partial charge in [0.05, 0.1) is 27.9 Å². The second-order valence-electron chi connectivity index (χ2n) is 3.90. The summed E-state index contributed by atoms with van der Waals surface area (Å²) in [6.45, 7) is 2.43. The van der Waals surface area contributed by atoms with E-state index in [1.54, 1.807) is 12.1 Å². The van der Waals surface area contributed by atoms with Gasteiger partial charge >= 0.3 is 5.97 Å². The van der Waals surface area contributed by atoms with Crippen LogP contribution in [0, 0.1) is 0 Å². The highest BCUT2D eigenvalue weighted by Crippen LogP contribution is 2.34. The number of carbonyl (C=O) groups is 1. The van der Waals surface area contributed by atoms with Crippen LogP contribution in [0.4, 0.5) is 0 Å². The fourth-order valence-electron chi connectivity index (χ4n) is 1.58. The highest BCUT2D eigenvalue weighted by molar-refractivity contribution is 5.93. The van der Waals surface area contributed by atoms with Crippen LogP contribution in [0.5, 0.6) is 17.2 Å². The van der Waals surface area contributed by atoms with Gasteiger partial charge in [-0.05, 0) is 6.42 Å². The maximum absolute atomic E-state index is 12.0. The normalized spacial score (nSPS) is 9.89. The van der Waals surface area contributed by atoms with Crippen molar-refractivity contribution in [1.29, 1.82) is 0 Å². The Kier molecular flexibility index (Phi) is 5.99. The molecule has 5 heteroatoms. The average molecular weight is 268 g/mol. The molecule has 0 aliphatic carbocycles.